The molecule has 0 radical (unpaired) electrons. The van der Waals surface area contributed by atoms with Gasteiger partial charge in [0.15, 0.2) is 11.6 Å². The van der Waals surface area contributed by atoms with Crippen LogP contribution in [0.4, 0.5) is 13.2 Å². The fraction of sp³-hybridized carbons (Fsp3) is 0.100. The molecule has 0 spiro atoms. The van der Waals surface area contributed by atoms with Gasteiger partial charge in [0, 0.05) is 10.9 Å². The molecule has 0 N–H and O–H groups in total. The van der Waals surface area contributed by atoms with E-state index in [9.17, 15) is 13.2 Å². The van der Waals surface area contributed by atoms with E-state index in [2.05, 4.69) is 16.7 Å². The molecule has 0 bridgehead atoms. The normalized spacial score (nSPS) is 12.1. The Kier molecular flexibility index (Phi) is 5.71. The third-order valence-corrected chi connectivity index (χ3v) is 4.43. The Morgan fingerprint density at radius 2 is 1.85 bits per heavy atom. The predicted molar refractivity (Wildman–Crippen MR) is 102 cm³/mol. The number of aromatic nitrogens is 1. The van der Waals surface area contributed by atoms with Crippen LogP contribution in [0.1, 0.15) is 12.5 Å². The fourth-order valence-electron chi connectivity index (χ4n) is 2.26. The molecule has 0 fully saturated rings. The molecule has 1 heterocycles. The van der Waals surface area contributed by atoms with Crippen molar-refractivity contribution in [3.8, 4) is 11.3 Å². The van der Waals surface area contributed by atoms with Crippen LogP contribution >= 0.6 is 11.3 Å². The zero-order valence-corrected chi connectivity index (χ0v) is 15.3. The highest BCUT2D eigenvalue weighted by Gasteiger charge is 2.08. The van der Waals surface area contributed by atoms with Gasteiger partial charge in [-0.2, -0.15) is 5.10 Å². The van der Waals surface area contributed by atoms with E-state index in [1.54, 1.807) is 16.8 Å². The monoisotopic (exact) mass is 387 g/mol. The van der Waals surface area contributed by atoms with E-state index in [-0.39, 0.29) is 5.82 Å². The van der Waals surface area contributed by atoms with Gasteiger partial charge in [0.25, 0.3) is 0 Å². The molecule has 0 aliphatic rings. The first-order valence-electron chi connectivity index (χ1n) is 8.05. The van der Waals surface area contributed by atoms with Crippen molar-refractivity contribution in [1.82, 2.24) is 4.68 Å². The van der Waals surface area contributed by atoms with E-state index < -0.39 is 11.6 Å². The van der Waals surface area contributed by atoms with Crippen LogP contribution in [-0.2, 0) is 0 Å². The quantitative estimate of drug-likeness (QED) is 0.436. The highest BCUT2D eigenvalue weighted by molar-refractivity contribution is 7.07. The molecule has 2 aromatic carbocycles. The molecule has 1 aromatic heterocycles. The number of hydrogen-bond acceptors (Lipinski definition) is 3. The topological polar surface area (TPSA) is 29.6 Å². The maximum atomic E-state index is 13.4. The standard InChI is InChI=1S/C20H16F3N3S/c1-13(2)10-24-20-26(25-11-14-3-8-17(22)18(23)9-14)19(12-27-20)15-4-6-16(21)7-5-15/h3-9,11-12H,1,10H2,2H3. The maximum Gasteiger partial charge on any atom is 0.206 e. The molecule has 0 saturated heterocycles. The Labute approximate surface area is 158 Å². The second-order valence-corrected chi connectivity index (χ2v) is 6.75. The van der Waals surface area contributed by atoms with Crippen molar-refractivity contribution in [2.45, 2.75) is 6.92 Å². The van der Waals surface area contributed by atoms with Crippen LogP contribution in [-0.4, -0.2) is 17.4 Å². The van der Waals surface area contributed by atoms with Crippen LogP contribution in [0.5, 0.6) is 0 Å². The Balaban J connectivity index is 2.06. The van der Waals surface area contributed by atoms with E-state index in [1.165, 1.54) is 35.8 Å². The van der Waals surface area contributed by atoms with Gasteiger partial charge in [0.2, 0.25) is 4.80 Å². The van der Waals surface area contributed by atoms with Gasteiger partial charge in [-0.25, -0.2) is 17.8 Å². The van der Waals surface area contributed by atoms with Gasteiger partial charge in [-0.05, 0) is 48.9 Å². The van der Waals surface area contributed by atoms with Gasteiger partial charge in [0.05, 0.1) is 18.5 Å². The molecule has 7 heteroatoms. The lowest BCUT2D eigenvalue weighted by atomic mass is 10.2. The van der Waals surface area contributed by atoms with Gasteiger partial charge in [0.1, 0.15) is 5.82 Å². The summed E-state index contributed by atoms with van der Waals surface area (Å²) >= 11 is 1.37. The Hall–Kier alpha value is -2.93. The summed E-state index contributed by atoms with van der Waals surface area (Å²) in [4.78, 5) is 5.08. The maximum absolute atomic E-state index is 13.4. The lowest BCUT2D eigenvalue weighted by molar-refractivity contribution is 0.508. The fourth-order valence-corrected chi connectivity index (χ4v) is 3.10. The Bertz CT molecular complexity index is 1060. The molecule has 3 nitrogen and oxygen atoms in total. The highest BCUT2D eigenvalue weighted by Crippen LogP contribution is 2.20. The molecule has 0 atom stereocenters. The van der Waals surface area contributed by atoms with Crippen molar-refractivity contribution in [1.29, 1.82) is 0 Å². The molecule has 0 saturated carbocycles. The average Bonchev–Trinajstić information content (AvgIpc) is 3.04. The summed E-state index contributed by atoms with van der Waals surface area (Å²) in [6, 6.07) is 9.54. The summed E-state index contributed by atoms with van der Waals surface area (Å²) in [5.74, 6) is -2.20. The van der Waals surface area contributed by atoms with E-state index in [0.717, 1.165) is 23.3 Å². The first kappa shape index (κ1) is 18.8. The number of hydrogen-bond donors (Lipinski definition) is 0. The SMILES string of the molecule is C=C(C)CN=c1scc(-c2ccc(F)cc2)n1N=Cc1ccc(F)c(F)c1. The van der Waals surface area contributed by atoms with E-state index in [0.29, 0.717) is 22.6 Å². The first-order valence-corrected chi connectivity index (χ1v) is 8.93. The van der Waals surface area contributed by atoms with Crippen LogP contribution in [0.3, 0.4) is 0 Å². The van der Waals surface area contributed by atoms with Crippen LogP contribution < -0.4 is 4.80 Å². The summed E-state index contributed by atoms with van der Waals surface area (Å²) in [6.45, 7) is 6.13. The summed E-state index contributed by atoms with van der Waals surface area (Å²) < 4.78 is 41.3. The van der Waals surface area contributed by atoms with Gasteiger partial charge < -0.3 is 0 Å². The number of rotatable bonds is 5. The van der Waals surface area contributed by atoms with Gasteiger partial charge >= 0.3 is 0 Å². The largest absolute Gasteiger partial charge is 0.253 e. The van der Waals surface area contributed by atoms with Gasteiger partial charge in [-0.1, -0.05) is 18.2 Å². The summed E-state index contributed by atoms with van der Waals surface area (Å²) in [6.07, 6.45) is 1.42. The van der Waals surface area contributed by atoms with Crippen molar-refractivity contribution in [2.75, 3.05) is 6.54 Å². The predicted octanol–water partition coefficient (Wildman–Crippen LogP) is 4.99. The van der Waals surface area contributed by atoms with Gasteiger partial charge in [-0.3, -0.25) is 4.99 Å². The Morgan fingerprint density at radius 3 is 2.52 bits per heavy atom. The lowest BCUT2D eigenvalue weighted by Crippen LogP contribution is -2.13. The summed E-state index contributed by atoms with van der Waals surface area (Å²) in [7, 11) is 0. The van der Waals surface area contributed by atoms with Crippen LogP contribution in [0, 0.1) is 17.5 Å². The smallest absolute Gasteiger partial charge is 0.206 e. The minimum absolute atomic E-state index is 0.335. The number of halogens is 3. The molecule has 3 aromatic rings. The van der Waals surface area contributed by atoms with Crippen molar-refractivity contribution < 1.29 is 13.2 Å². The number of nitrogens with zero attached hydrogens (tertiary/aromatic N) is 3. The molecular formula is C20H16F3N3S. The zero-order valence-electron chi connectivity index (χ0n) is 14.5. The van der Waals surface area contributed by atoms with Crippen LogP contribution in [0.2, 0.25) is 0 Å². The lowest BCUT2D eigenvalue weighted by Gasteiger charge is -2.04. The molecule has 0 amide bonds. The van der Waals surface area contributed by atoms with Crippen LogP contribution in [0.15, 0.2) is 70.1 Å². The first-order chi connectivity index (χ1) is 12.9. The molecular weight excluding hydrogens is 371 g/mol. The molecule has 27 heavy (non-hydrogen) atoms. The van der Waals surface area contributed by atoms with E-state index in [4.69, 9.17) is 0 Å². The third kappa shape index (κ3) is 4.62. The molecule has 3 rings (SSSR count). The second-order valence-electron chi connectivity index (χ2n) is 5.91. The van der Waals surface area contributed by atoms with Crippen LogP contribution in [0.25, 0.3) is 11.3 Å². The van der Waals surface area contributed by atoms with Gasteiger partial charge in [-0.15, -0.1) is 11.3 Å². The average molecular weight is 387 g/mol. The minimum Gasteiger partial charge on any atom is -0.253 e. The molecule has 138 valence electrons. The second kappa shape index (κ2) is 8.18. The molecule has 0 aliphatic carbocycles. The zero-order chi connectivity index (χ0) is 19.4. The molecule has 0 aliphatic heterocycles. The molecule has 0 unspecified atom stereocenters. The van der Waals surface area contributed by atoms with Crippen molar-refractivity contribution >= 4 is 17.6 Å². The summed E-state index contributed by atoms with van der Waals surface area (Å²) in [5.41, 5.74) is 2.76. The minimum atomic E-state index is -0.944. The van der Waals surface area contributed by atoms with Crippen molar-refractivity contribution in [3.05, 3.63) is 87.8 Å². The summed E-state index contributed by atoms with van der Waals surface area (Å²) in [5, 5.41) is 6.23. The van der Waals surface area contributed by atoms with Crippen molar-refractivity contribution in [2.24, 2.45) is 10.1 Å². The highest BCUT2D eigenvalue weighted by atomic mass is 32.1. The number of benzene rings is 2. The van der Waals surface area contributed by atoms with Crippen molar-refractivity contribution in [3.63, 3.8) is 0 Å². The Morgan fingerprint density at radius 1 is 1.11 bits per heavy atom. The van der Waals surface area contributed by atoms with E-state index >= 15 is 0 Å². The number of thiazole rings is 1. The van der Waals surface area contributed by atoms with E-state index in [1.807, 2.05) is 12.3 Å². The third-order valence-electron chi connectivity index (χ3n) is 3.58.